The zero-order valence-corrected chi connectivity index (χ0v) is 25.1. The second kappa shape index (κ2) is 13.5. The van der Waals surface area contributed by atoms with Crippen molar-refractivity contribution < 1.29 is 19.1 Å². The lowest BCUT2D eigenvalue weighted by Crippen LogP contribution is -2.45. The number of pyridine rings is 1. The minimum absolute atomic E-state index is 0.0590. The maximum Gasteiger partial charge on any atom is 0.251 e. The van der Waals surface area contributed by atoms with Gasteiger partial charge >= 0.3 is 0 Å². The number of para-hydroxylation sites is 1. The molecule has 0 saturated heterocycles. The molecule has 0 aliphatic carbocycles. The number of hydrogen-bond acceptors (Lipinski definition) is 5. The fourth-order valence-corrected chi connectivity index (χ4v) is 4.86. The highest BCUT2D eigenvalue weighted by Gasteiger charge is 2.23. The smallest absolute Gasteiger partial charge is 0.251 e. The van der Waals surface area contributed by atoms with Crippen molar-refractivity contribution in [2.45, 2.75) is 26.5 Å². The molecule has 3 aromatic carbocycles. The molecule has 0 bridgehead atoms. The summed E-state index contributed by atoms with van der Waals surface area (Å²) in [5, 5.41) is 6.83. The number of carbonyl (C=O) groups is 3. The number of aryl methyl sites for hydroxylation is 1. The maximum absolute atomic E-state index is 13.2. The number of nitrogens with one attached hydrogen (secondary N) is 2. The van der Waals surface area contributed by atoms with E-state index in [4.69, 9.17) is 27.9 Å². The Balaban J connectivity index is 1.43. The van der Waals surface area contributed by atoms with E-state index < -0.39 is 11.9 Å². The van der Waals surface area contributed by atoms with Gasteiger partial charge in [0.1, 0.15) is 23.9 Å². The molecule has 8 nitrogen and oxygen atoms in total. The van der Waals surface area contributed by atoms with Crippen LogP contribution in [0.25, 0.3) is 17.0 Å². The van der Waals surface area contributed by atoms with Crippen LogP contribution in [0.5, 0.6) is 5.75 Å². The molecule has 0 unspecified atom stereocenters. The topological polar surface area (TPSA) is 101 Å². The molecule has 1 atom stereocenters. The Bertz CT molecular complexity index is 1670. The van der Waals surface area contributed by atoms with E-state index in [0.29, 0.717) is 27.6 Å². The van der Waals surface area contributed by atoms with Crippen molar-refractivity contribution in [3.63, 3.8) is 0 Å². The molecule has 1 heterocycles. The third-order valence-electron chi connectivity index (χ3n) is 6.61. The van der Waals surface area contributed by atoms with Crippen molar-refractivity contribution >= 4 is 63.6 Å². The number of halogens is 2. The van der Waals surface area contributed by atoms with Crippen molar-refractivity contribution in [2.24, 2.45) is 0 Å². The molecule has 3 amide bonds. The number of fused-ring (bicyclic) bond motifs is 1. The predicted octanol–water partition coefficient (Wildman–Crippen LogP) is 5.97. The van der Waals surface area contributed by atoms with E-state index in [9.17, 15) is 14.4 Å². The van der Waals surface area contributed by atoms with Gasteiger partial charge in [0, 0.05) is 47.4 Å². The van der Waals surface area contributed by atoms with Crippen molar-refractivity contribution in [1.29, 1.82) is 0 Å². The van der Waals surface area contributed by atoms with Gasteiger partial charge in [0.05, 0.1) is 10.7 Å². The number of aromatic nitrogens is 1. The van der Waals surface area contributed by atoms with Gasteiger partial charge in [-0.1, -0.05) is 53.5 Å². The van der Waals surface area contributed by atoms with Gasteiger partial charge in [0.25, 0.3) is 5.91 Å². The maximum atomic E-state index is 13.2. The van der Waals surface area contributed by atoms with Gasteiger partial charge < -0.3 is 20.3 Å². The summed E-state index contributed by atoms with van der Waals surface area (Å²) in [6, 6.07) is 18.8. The highest BCUT2D eigenvalue weighted by atomic mass is 35.5. The molecule has 216 valence electrons. The quantitative estimate of drug-likeness (QED) is 0.229. The average Bonchev–Trinajstić information content (AvgIpc) is 2.99. The van der Waals surface area contributed by atoms with Crippen LogP contribution in [0.4, 0.5) is 5.69 Å². The molecule has 4 aromatic rings. The number of ether oxygens (including phenoxy) is 1. The molecule has 2 N–H and O–H groups in total. The Morgan fingerprint density at radius 2 is 1.76 bits per heavy atom. The van der Waals surface area contributed by atoms with E-state index in [-0.39, 0.29) is 23.4 Å². The molecule has 0 spiro atoms. The summed E-state index contributed by atoms with van der Waals surface area (Å²) in [7, 11) is 3.13. The molecule has 42 heavy (non-hydrogen) atoms. The number of carbonyl (C=O) groups excluding carboxylic acids is 3. The molecule has 0 aliphatic heterocycles. The fourth-order valence-electron chi connectivity index (χ4n) is 4.25. The Labute approximate surface area is 254 Å². The second-order valence-corrected chi connectivity index (χ2v) is 10.4. The number of amides is 3. The van der Waals surface area contributed by atoms with Gasteiger partial charge in [-0.3, -0.25) is 14.4 Å². The van der Waals surface area contributed by atoms with Crippen LogP contribution in [-0.2, 0) is 16.2 Å². The summed E-state index contributed by atoms with van der Waals surface area (Å²) in [5.74, 6) is -0.436. The van der Waals surface area contributed by atoms with E-state index in [1.54, 1.807) is 63.5 Å². The molecule has 0 radical (unpaired) electrons. The second-order valence-electron chi connectivity index (χ2n) is 9.59. The normalized spacial score (nSPS) is 11.8. The fraction of sp³-hybridized carbons (Fsp3) is 0.188. The Morgan fingerprint density at radius 1 is 1.02 bits per heavy atom. The van der Waals surface area contributed by atoms with E-state index in [1.807, 2.05) is 37.3 Å². The molecular weight excluding hydrogens is 575 g/mol. The molecular formula is C32H30Cl2N4O4. The van der Waals surface area contributed by atoms with E-state index in [2.05, 4.69) is 15.6 Å². The largest absolute Gasteiger partial charge is 0.487 e. The lowest BCUT2D eigenvalue weighted by molar-refractivity contribution is -0.124. The van der Waals surface area contributed by atoms with Crippen molar-refractivity contribution in [2.75, 3.05) is 19.0 Å². The van der Waals surface area contributed by atoms with Crippen LogP contribution in [0.3, 0.4) is 0 Å². The van der Waals surface area contributed by atoms with Crippen LogP contribution in [0.1, 0.15) is 34.1 Å². The van der Waals surface area contributed by atoms with Crippen LogP contribution < -0.4 is 20.3 Å². The molecule has 10 heteroatoms. The Kier molecular flexibility index (Phi) is 9.83. The molecule has 0 saturated carbocycles. The minimum atomic E-state index is -0.848. The third-order valence-corrected chi connectivity index (χ3v) is 7.38. The summed E-state index contributed by atoms with van der Waals surface area (Å²) in [4.78, 5) is 43.4. The van der Waals surface area contributed by atoms with Gasteiger partial charge in [-0.2, -0.15) is 0 Å². The van der Waals surface area contributed by atoms with Gasteiger partial charge in [-0.15, -0.1) is 0 Å². The Hall–Kier alpha value is -4.40. The minimum Gasteiger partial charge on any atom is -0.487 e. The van der Waals surface area contributed by atoms with Crippen molar-refractivity contribution in [1.82, 2.24) is 15.6 Å². The van der Waals surface area contributed by atoms with Gasteiger partial charge in [0.2, 0.25) is 11.8 Å². The highest BCUT2D eigenvalue weighted by molar-refractivity contribution is 6.38. The molecule has 4 rings (SSSR count). The molecule has 0 fully saturated rings. The monoisotopic (exact) mass is 604 g/mol. The number of hydrogen-bond donors (Lipinski definition) is 2. The standard InChI is InChI=1S/C32H30Cl2N4O4/c1-19-8-12-22-6-5-7-27(30(22)36-19)42-18-24-25(33)15-16-26(29(24)34)38(4)32(41)20(2)37-28(39)17-11-21-9-13-23(14-10-21)31(40)35-3/h5-17,20H,18H2,1-4H3,(H,35,40)(H,37,39)/b17-11+/t20-/m0/s1. The van der Waals surface area contributed by atoms with Crippen LogP contribution in [0.2, 0.25) is 10.0 Å². The van der Waals surface area contributed by atoms with Gasteiger partial charge in [0.15, 0.2) is 0 Å². The Morgan fingerprint density at radius 3 is 2.48 bits per heavy atom. The van der Waals surface area contributed by atoms with Crippen LogP contribution >= 0.6 is 23.2 Å². The summed E-state index contributed by atoms with van der Waals surface area (Å²) in [5.41, 5.74) is 3.77. The van der Waals surface area contributed by atoms with E-state index in [0.717, 1.165) is 22.2 Å². The number of nitrogens with zero attached hydrogens (tertiary/aromatic N) is 2. The molecule has 0 aliphatic rings. The summed E-state index contributed by atoms with van der Waals surface area (Å²) < 4.78 is 6.09. The third kappa shape index (κ3) is 7.08. The average molecular weight is 606 g/mol. The van der Waals surface area contributed by atoms with Gasteiger partial charge in [-0.25, -0.2) is 4.98 Å². The molecule has 1 aromatic heterocycles. The highest BCUT2D eigenvalue weighted by Crippen LogP contribution is 2.35. The van der Waals surface area contributed by atoms with Crippen LogP contribution in [-0.4, -0.2) is 42.8 Å². The first-order valence-electron chi connectivity index (χ1n) is 13.1. The predicted molar refractivity (Wildman–Crippen MR) is 167 cm³/mol. The first-order valence-corrected chi connectivity index (χ1v) is 13.9. The number of likely N-dealkylation sites (N-methyl/N-ethyl adjacent to an activating group) is 1. The van der Waals surface area contributed by atoms with E-state index >= 15 is 0 Å². The van der Waals surface area contributed by atoms with Crippen molar-refractivity contribution in [3.8, 4) is 5.75 Å². The number of rotatable bonds is 9. The summed E-state index contributed by atoms with van der Waals surface area (Å²) in [6.07, 6.45) is 2.92. The first kappa shape index (κ1) is 30.6. The lowest BCUT2D eigenvalue weighted by atomic mass is 10.1. The zero-order chi connectivity index (χ0) is 30.4. The lowest BCUT2D eigenvalue weighted by Gasteiger charge is -2.24. The summed E-state index contributed by atoms with van der Waals surface area (Å²) in [6.45, 7) is 3.56. The zero-order valence-electron chi connectivity index (χ0n) is 23.6. The number of benzene rings is 3. The summed E-state index contributed by atoms with van der Waals surface area (Å²) >= 11 is 13.2. The van der Waals surface area contributed by atoms with Crippen molar-refractivity contribution in [3.05, 3.63) is 105 Å². The number of anilines is 1. The first-order chi connectivity index (χ1) is 20.1. The van der Waals surface area contributed by atoms with Gasteiger partial charge in [-0.05, 0) is 61.9 Å². The van der Waals surface area contributed by atoms with Crippen LogP contribution in [0, 0.1) is 6.92 Å². The SMILES string of the molecule is CNC(=O)c1ccc(/C=C/C(=O)N[C@@H](C)C(=O)N(C)c2ccc(Cl)c(COc3cccc4ccc(C)nc34)c2Cl)cc1. The van der Waals surface area contributed by atoms with Crippen LogP contribution in [0.15, 0.2) is 72.8 Å². The van der Waals surface area contributed by atoms with E-state index in [1.165, 1.54) is 11.0 Å².